The van der Waals surface area contributed by atoms with Crippen molar-refractivity contribution in [3.8, 4) is 5.75 Å². The topological polar surface area (TPSA) is 167 Å². The molecule has 4 heterocycles. The van der Waals surface area contributed by atoms with Gasteiger partial charge in [0.25, 0.3) is 0 Å². The molecule has 8 rings (SSSR count). The average Bonchev–Trinajstić information content (AvgIpc) is 3.96. The Bertz CT molecular complexity index is 2300. The van der Waals surface area contributed by atoms with Gasteiger partial charge in [-0.05, 0) is 100 Å². The van der Waals surface area contributed by atoms with Gasteiger partial charge in [-0.15, -0.1) is 0 Å². The molecule has 54 heavy (non-hydrogen) atoms. The van der Waals surface area contributed by atoms with Crippen molar-refractivity contribution in [2.75, 3.05) is 39.0 Å². The van der Waals surface area contributed by atoms with Gasteiger partial charge in [0, 0.05) is 71.7 Å². The summed E-state index contributed by atoms with van der Waals surface area (Å²) >= 11 is 3.54. The Morgan fingerprint density at radius 1 is 0.796 bits per heavy atom. The number of carbonyl (C=O) groups excluding carboxylic acids is 2. The summed E-state index contributed by atoms with van der Waals surface area (Å²) in [7, 11) is 1.55. The number of methoxy groups -OCH3 is 1. The molecular formula is C37H32BrF3N10O3. The Morgan fingerprint density at radius 2 is 1.50 bits per heavy atom. The summed E-state index contributed by atoms with van der Waals surface area (Å²) < 4.78 is 47.3. The van der Waals surface area contributed by atoms with E-state index in [9.17, 15) is 22.8 Å². The highest BCUT2D eigenvalue weighted by Crippen LogP contribution is 2.42. The van der Waals surface area contributed by atoms with Gasteiger partial charge < -0.3 is 36.6 Å². The van der Waals surface area contributed by atoms with E-state index in [0.29, 0.717) is 51.9 Å². The molecule has 2 amide bonds. The lowest BCUT2D eigenvalue weighted by Gasteiger charge is -2.27. The number of aromatic nitrogens is 4. The smallest absolute Gasteiger partial charge is 0.421 e. The summed E-state index contributed by atoms with van der Waals surface area (Å²) in [5.41, 5.74) is 4.97. The van der Waals surface area contributed by atoms with Crippen molar-refractivity contribution in [3.05, 3.63) is 93.7 Å². The van der Waals surface area contributed by atoms with Crippen LogP contribution in [0.25, 0.3) is 0 Å². The minimum atomic E-state index is -4.61. The van der Waals surface area contributed by atoms with Gasteiger partial charge >= 0.3 is 6.18 Å². The average molecular weight is 802 g/mol. The van der Waals surface area contributed by atoms with Crippen molar-refractivity contribution in [2.45, 2.75) is 50.2 Å². The maximum absolute atomic E-state index is 13.7. The lowest BCUT2D eigenvalue weighted by molar-refractivity contribution is -0.137. The van der Waals surface area contributed by atoms with Gasteiger partial charge in [-0.3, -0.25) is 9.59 Å². The molecule has 17 heteroatoms. The van der Waals surface area contributed by atoms with Gasteiger partial charge in [0.1, 0.15) is 22.9 Å². The highest BCUT2D eigenvalue weighted by molar-refractivity contribution is 9.10. The number of ether oxygens (including phenoxy) is 1. The van der Waals surface area contributed by atoms with Gasteiger partial charge in [-0.1, -0.05) is 0 Å². The minimum absolute atomic E-state index is 0.000213. The highest BCUT2D eigenvalue weighted by atomic mass is 79.9. The summed E-state index contributed by atoms with van der Waals surface area (Å²) in [5.74, 6) is 0.491. The number of nitrogens with one attached hydrogen (secondary N) is 6. The molecular weight excluding hydrogens is 769 g/mol. The van der Waals surface area contributed by atoms with E-state index >= 15 is 0 Å². The zero-order valence-corrected chi connectivity index (χ0v) is 30.2. The third kappa shape index (κ3) is 7.71. The van der Waals surface area contributed by atoms with Crippen molar-refractivity contribution in [2.24, 2.45) is 0 Å². The number of amides is 2. The number of halogens is 4. The predicted molar refractivity (Wildman–Crippen MR) is 201 cm³/mol. The molecule has 6 N–H and O–H groups in total. The van der Waals surface area contributed by atoms with E-state index in [1.54, 1.807) is 31.5 Å². The van der Waals surface area contributed by atoms with E-state index < -0.39 is 17.7 Å². The van der Waals surface area contributed by atoms with Crippen molar-refractivity contribution < 1.29 is 27.5 Å². The Hall–Kier alpha value is -5.97. The number of aryl methyl sites for hydroxylation is 1. The molecule has 0 bridgehead atoms. The normalized spacial score (nSPS) is 16.4. The van der Waals surface area contributed by atoms with Crippen molar-refractivity contribution in [1.82, 2.24) is 19.9 Å². The van der Waals surface area contributed by atoms with Crippen molar-refractivity contribution in [1.29, 1.82) is 0 Å². The summed E-state index contributed by atoms with van der Waals surface area (Å²) in [4.78, 5) is 41.9. The molecule has 276 valence electrons. The quantitative estimate of drug-likeness (QED) is 0.0806. The molecule has 0 radical (unpaired) electrons. The monoisotopic (exact) mass is 800 g/mol. The van der Waals surface area contributed by atoms with E-state index in [1.165, 1.54) is 0 Å². The molecule has 1 aliphatic carbocycles. The number of nitrogens with zero attached hydrogens (tertiary/aromatic N) is 4. The van der Waals surface area contributed by atoms with Crippen LogP contribution in [0.4, 0.5) is 65.1 Å². The standard InChI is InChI=1S/C37H32BrF3N10O3/c1-54-24-12-19(11-23(13-24)45-34-28(38)17-43-36(51-34)46-21-5-7-29-18(10-21)2-9-31(52)48-29)25-15-32(53)49-30-8-6-22(14-26(25)30)47-35-42-16-27(37(39,40)41)33(50-35)44-20-3-4-20/h5-8,10-14,16-17,20,25H,2-4,9,15H2,1H3,(H,48,52)(H,49,53)(H2,42,44,47,50)(H2,43,45,46,51). The Morgan fingerprint density at radius 3 is 2.24 bits per heavy atom. The van der Waals surface area contributed by atoms with Crippen LogP contribution in [0.1, 0.15) is 53.9 Å². The maximum atomic E-state index is 13.7. The van der Waals surface area contributed by atoms with Crippen LogP contribution in [-0.4, -0.2) is 44.9 Å². The van der Waals surface area contributed by atoms with Crippen LogP contribution in [0.15, 0.2) is 71.5 Å². The van der Waals surface area contributed by atoms with E-state index in [-0.39, 0.29) is 36.0 Å². The SMILES string of the molecule is COc1cc(Nc2nc(Nc3ccc4c(c3)CCC(=O)N4)ncc2Br)cc(C2CC(=O)Nc3ccc(Nc4ncc(C(F)(F)F)c(NC5CC5)n4)cc32)c1. The fourth-order valence-electron chi connectivity index (χ4n) is 6.40. The van der Waals surface area contributed by atoms with Crippen LogP contribution in [0, 0.1) is 0 Å². The molecule has 1 unspecified atom stereocenters. The van der Waals surface area contributed by atoms with Crippen LogP contribution < -0.4 is 36.6 Å². The fraction of sp³-hybridized carbons (Fsp3) is 0.243. The van der Waals surface area contributed by atoms with Gasteiger partial charge in [-0.25, -0.2) is 9.97 Å². The summed E-state index contributed by atoms with van der Waals surface area (Å²) in [6, 6.07) is 16.4. The first-order valence-corrected chi connectivity index (χ1v) is 17.9. The first-order valence-electron chi connectivity index (χ1n) is 17.1. The summed E-state index contributed by atoms with van der Waals surface area (Å²) in [6.07, 6.45) is 0.536. The second-order valence-corrected chi connectivity index (χ2v) is 14.0. The Kier molecular flexibility index (Phi) is 9.17. The largest absolute Gasteiger partial charge is 0.497 e. The van der Waals surface area contributed by atoms with Crippen molar-refractivity contribution >= 4 is 79.7 Å². The molecule has 1 atom stereocenters. The lowest BCUT2D eigenvalue weighted by Crippen LogP contribution is -2.23. The number of anilines is 9. The van der Waals surface area contributed by atoms with Gasteiger partial charge in [0.15, 0.2) is 0 Å². The number of alkyl halides is 3. The van der Waals surface area contributed by atoms with Crippen LogP contribution in [0.2, 0.25) is 0 Å². The van der Waals surface area contributed by atoms with Crippen LogP contribution in [-0.2, 0) is 22.2 Å². The third-order valence-electron chi connectivity index (χ3n) is 9.19. The molecule has 1 saturated carbocycles. The van der Waals surface area contributed by atoms with E-state index in [4.69, 9.17) is 4.74 Å². The molecule has 3 aliphatic rings. The molecule has 2 aliphatic heterocycles. The molecule has 1 fully saturated rings. The fourth-order valence-corrected chi connectivity index (χ4v) is 6.69. The van der Waals surface area contributed by atoms with Gasteiger partial charge in [0.2, 0.25) is 23.7 Å². The summed E-state index contributed by atoms with van der Waals surface area (Å²) in [5, 5.41) is 18.3. The van der Waals surface area contributed by atoms with Gasteiger partial charge in [-0.2, -0.15) is 23.1 Å². The first-order chi connectivity index (χ1) is 26.0. The van der Waals surface area contributed by atoms with E-state index in [2.05, 4.69) is 67.8 Å². The molecule has 3 aromatic carbocycles. The zero-order chi connectivity index (χ0) is 37.6. The van der Waals surface area contributed by atoms with E-state index in [1.807, 2.05) is 36.4 Å². The number of rotatable bonds is 10. The van der Waals surface area contributed by atoms with Gasteiger partial charge in [0.05, 0.1) is 11.6 Å². The molecule has 0 saturated heterocycles. The highest BCUT2D eigenvalue weighted by Gasteiger charge is 2.37. The molecule has 2 aromatic heterocycles. The van der Waals surface area contributed by atoms with Crippen LogP contribution in [0.3, 0.4) is 0 Å². The van der Waals surface area contributed by atoms with Crippen LogP contribution >= 0.6 is 15.9 Å². The first kappa shape index (κ1) is 35.1. The Balaban J connectivity index is 1.06. The number of benzene rings is 3. The molecule has 0 spiro atoms. The second-order valence-electron chi connectivity index (χ2n) is 13.2. The number of hydrogen-bond acceptors (Lipinski definition) is 11. The summed E-state index contributed by atoms with van der Waals surface area (Å²) in [6.45, 7) is 0. The predicted octanol–water partition coefficient (Wildman–Crippen LogP) is 8.22. The number of carbonyl (C=O) groups is 2. The molecule has 5 aromatic rings. The van der Waals surface area contributed by atoms with Crippen molar-refractivity contribution in [3.63, 3.8) is 0 Å². The minimum Gasteiger partial charge on any atom is -0.497 e. The lowest BCUT2D eigenvalue weighted by atomic mass is 9.84. The zero-order valence-electron chi connectivity index (χ0n) is 28.6. The number of fused-ring (bicyclic) bond motifs is 2. The second kappa shape index (κ2) is 14.1. The Labute approximate surface area is 315 Å². The maximum Gasteiger partial charge on any atom is 0.421 e. The molecule has 13 nitrogen and oxygen atoms in total. The third-order valence-corrected chi connectivity index (χ3v) is 9.77. The van der Waals surface area contributed by atoms with E-state index in [0.717, 1.165) is 47.1 Å². The number of hydrogen-bond donors (Lipinski definition) is 6. The van der Waals surface area contributed by atoms with Crippen LogP contribution in [0.5, 0.6) is 5.75 Å².